The summed E-state index contributed by atoms with van der Waals surface area (Å²) in [5.74, 6) is -0.193. The van der Waals surface area contributed by atoms with Crippen LogP contribution in [0.4, 0.5) is 5.69 Å². The van der Waals surface area contributed by atoms with Gasteiger partial charge in [-0.05, 0) is 42.2 Å². The number of hydrogen-bond donors (Lipinski definition) is 1. The van der Waals surface area contributed by atoms with Gasteiger partial charge in [0.05, 0.1) is 36.3 Å². The first-order valence-electron chi connectivity index (χ1n) is 15.8. The van der Waals surface area contributed by atoms with Crippen molar-refractivity contribution in [3.8, 4) is 5.75 Å². The van der Waals surface area contributed by atoms with Crippen molar-refractivity contribution in [2.24, 2.45) is 0 Å². The highest BCUT2D eigenvalue weighted by molar-refractivity contribution is 6.99. The summed E-state index contributed by atoms with van der Waals surface area (Å²) in [4.78, 5) is 30.7. The standard InChI is InChI=1S/C37H43ClN4O4Si/c1-25(2)41-46-36-31(35(43)32-21-39-18-19-40-32)20-28(34(33(36)38)42-22-26(3)45-27(4)23-42)24-44-47(37(5,6)7,29-14-10-8-11-15-29)30-16-12-9-13-17-30/h8-21,26-27,41H,1,22-24H2,2-7H3. The summed E-state index contributed by atoms with van der Waals surface area (Å²) in [6, 6.07) is 22.8. The fraction of sp³-hybridized carbons (Fsp3) is 0.324. The van der Waals surface area contributed by atoms with E-state index in [-0.39, 0.29) is 51.7 Å². The van der Waals surface area contributed by atoms with E-state index in [2.05, 4.69) is 96.2 Å². The normalized spacial score (nSPS) is 16.9. The first-order chi connectivity index (χ1) is 22.4. The van der Waals surface area contributed by atoms with E-state index < -0.39 is 8.32 Å². The third kappa shape index (κ3) is 7.28. The fourth-order valence-electron chi connectivity index (χ4n) is 6.40. The highest BCUT2D eigenvalue weighted by Crippen LogP contribution is 2.44. The van der Waals surface area contributed by atoms with E-state index in [1.54, 1.807) is 6.92 Å². The molecule has 5 rings (SSSR count). The van der Waals surface area contributed by atoms with E-state index >= 15 is 0 Å². The lowest BCUT2D eigenvalue weighted by molar-refractivity contribution is -0.00532. The van der Waals surface area contributed by atoms with Crippen molar-refractivity contribution in [3.05, 3.63) is 119 Å². The Bertz CT molecular complexity index is 1650. The Kier molecular flexibility index (Phi) is 10.5. The third-order valence-electron chi connectivity index (χ3n) is 8.24. The number of hydroxylamine groups is 1. The molecule has 4 aromatic rings. The number of carbonyl (C=O) groups is 1. The van der Waals surface area contributed by atoms with E-state index in [1.807, 2.05) is 32.0 Å². The van der Waals surface area contributed by atoms with Crippen molar-refractivity contribution in [3.63, 3.8) is 0 Å². The number of ether oxygens (including phenoxy) is 1. The van der Waals surface area contributed by atoms with Gasteiger partial charge in [0.15, 0.2) is 5.75 Å². The smallest absolute Gasteiger partial charge is 0.261 e. The van der Waals surface area contributed by atoms with Gasteiger partial charge in [-0.15, -0.1) is 0 Å². The Labute approximate surface area is 283 Å². The summed E-state index contributed by atoms with van der Waals surface area (Å²) in [7, 11) is -2.95. The lowest BCUT2D eigenvalue weighted by Gasteiger charge is -2.43. The van der Waals surface area contributed by atoms with Crippen LogP contribution in [0.3, 0.4) is 0 Å². The van der Waals surface area contributed by atoms with Gasteiger partial charge in [0.2, 0.25) is 5.78 Å². The minimum Gasteiger partial charge on any atom is -0.403 e. The molecule has 2 heterocycles. The highest BCUT2D eigenvalue weighted by Gasteiger charge is 2.50. The van der Waals surface area contributed by atoms with E-state index in [4.69, 9.17) is 25.6 Å². The SMILES string of the molecule is C=C(C)NOc1c(C(=O)c2cnccn2)cc(CO[Si](c2ccccc2)(c2ccccc2)C(C)(C)C)c(N2CC(C)OC(C)C2)c1Cl. The summed E-state index contributed by atoms with van der Waals surface area (Å²) in [6.45, 7) is 17.8. The number of nitrogens with one attached hydrogen (secondary N) is 1. The Morgan fingerprint density at radius 2 is 1.64 bits per heavy atom. The number of anilines is 1. The molecule has 1 N–H and O–H groups in total. The minimum atomic E-state index is -2.95. The van der Waals surface area contributed by atoms with Crippen LogP contribution in [0.15, 0.2) is 97.6 Å². The molecule has 0 aliphatic carbocycles. The van der Waals surface area contributed by atoms with Gasteiger partial charge in [0.1, 0.15) is 10.7 Å². The predicted molar refractivity (Wildman–Crippen MR) is 190 cm³/mol. The molecular formula is C37H43ClN4O4Si. The first-order valence-corrected chi connectivity index (χ1v) is 18.1. The van der Waals surface area contributed by atoms with Gasteiger partial charge in [0.25, 0.3) is 8.32 Å². The molecule has 0 spiro atoms. The molecule has 1 aromatic heterocycles. The van der Waals surface area contributed by atoms with Crippen LogP contribution >= 0.6 is 11.6 Å². The number of benzene rings is 3. The molecule has 0 radical (unpaired) electrons. The van der Waals surface area contributed by atoms with Crippen molar-refractivity contribution in [1.29, 1.82) is 0 Å². The summed E-state index contributed by atoms with van der Waals surface area (Å²) in [5.41, 5.74) is 5.26. The van der Waals surface area contributed by atoms with Crippen LogP contribution in [0.1, 0.15) is 63.2 Å². The Hall–Kier alpha value is -4.02. The Morgan fingerprint density at radius 1 is 1.04 bits per heavy atom. The largest absolute Gasteiger partial charge is 0.403 e. The monoisotopic (exact) mass is 670 g/mol. The molecule has 0 bridgehead atoms. The second kappa shape index (κ2) is 14.4. The van der Waals surface area contributed by atoms with Crippen LogP contribution in [0, 0.1) is 0 Å². The molecule has 0 amide bonds. The number of carbonyl (C=O) groups excluding carboxylic acids is 1. The molecule has 1 aliphatic rings. The zero-order valence-corrected chi connectivity index (χ0v) is 29.7. The molecule has 1 saturated heterocycles. The van der Waals surface area contributed by atoms with Crippen LogP contribution in [0.5, 0.6) is 5.75 Å². The van der Waals surface area contributed by atoms with Gasteiger partial charge < -0.3 is 18.9 Å². The summed E-state index contributed by atoms with van der Waals surface area (Å²) in [5, 5.41) is 2.34. The van der Waals surface area contributed by atoms with Crippen molar-refractivity contribution in [1.82, 2.24) is 15.4 Å². The van der Waals surface area contributed by atoms with E-state index in [0.29, 0.717) is 18.8 Å². The number of aromatic nitrogens is 2. The maximum absolute atomic E-state index is 14.1. The molecule has 1 aliphatic heterocycles. The molecule has 2 atom stereocenters. The maximum atomic E-state index is 14.1. The van der Waals surface area contributed by atoms with Crippen LogP contribution in [0.25, 0.3) is 0 Å². The maximum Gasteiger partial charge on any atom is 0.261 e. The number of allylic oxidation sites excluding steroid dienone is 1. The number of rotatable bonds is 11. The number of morpholine rings is 1. The molecule has 0 saturated carbocycles. The summed E-state index contributed by atoms with van der Waals surface area (Å²) in [6.07, 6.45) is 4.36. The van der Waals surface area contributed by atoms with Crippen LogP contribution in [-0.2, 0) is 15.8 Å². The second-order valence-electron chi connectivity index (χ2n) is 13.1. The van der Waals surface area contributed by atoms with Crippen molar-refractivity contribution in [2.45, 2.75) is 65.4 Å². The van der Waals surface area contributed by atoms with Crippen LogP contribution < -0.4 is 25.6 Å². The van der Waals surface area contributed by atoms with E-state index in [1.165, 1.54) is 18.6 Å². The molecule has 8 nitrogen and oxygen atoms in total. The quantitative estimate of drug-likeness (QED) is 0.110. The highest BCUT2D eigenvalue weighted by atomic mass is 35.5. The van der Waals surface area contributed by atoms with Crippen molar-refractivity contribution < 1.29 is 18.8 Å². The van der Waals surface area contributed by atoms with Crippen molar-refractivity contribution >= 4 is 41.8 Å². The van der Waals surface area contributed by atoms with Crippen LogP contribution in [0.2, 0.25) is 10.1 Å². The molecule has 2 unspecified atom stereocenters. The zero-order valence-electron chi connectivity index (χ0n) is 27.9. The average Bonchev–Trinajstić information content (AvgIpc) is 3.04. The molecule has 3 aromatic carbocycles. The fourth-order valence-corrected chi connectivity index (χ4v) is 11.3. The number of hydrogen-bond acceptors (Lipinski definition) is 8. The summed E-state index contributed by atoms with van der Waals surface area (Å²) < 4.78 is 13.5. The Balaban J connectivity index is 1.73. The van der Waals surface area contributed by atoms with Gasteiger partial charge in [-0.25, -0.2) is 10.5 Å². The number of nitrogens with zero attached hydrogens (tertiary/aromatic N) is 3. The second-order valence-corrected chi connectivity index (χ2v) is 17.8. The van der Waals surface area contributed by atoms with Gasteiger partial charge in [0, 0.05) is 36.7 Å². The third-order valence-corrected chi connectivity index (χ3v) is 13.6. The molecule has 246 valence electrons. The summed E-state index contributed by atoms with van der Waals surface area (Å²) >= 11 is 7.33. The topological polar surface area (TPSA) is 85.8 Å². The molecular weight excluding hydrogens is 628 g/mol. The lowest BCUT2D eigenvalue weighted by atomic mass is 10.0. The predicted octanol–water partition coefficient (Wildman–Crippen LogP) is 6.47. The first kappa shape index (κ1) is 34.3. The molecule has 47 heavy (non-hydrogen) atoms. The van der Waals surface area contributed by atoms with Crippen molar-refractivity contribution in [2.75, 3.05) is 18.0 Å². The minimum absolute atomic E-state index is 0.0425. The van der Waals surface area contributed by atoms with E-state index in [0.717, 1.165) is 21.6 Å². The van der Waals surface area contributed by atoms with Crippen LogP contribution in [-0.4, -0.2) is 49.4 Å². The van der Waals surface area contributed by atoms with Gasteiger partial charge >= 0.3 is 0 Å². The molecule has 10 heteroatoms. The average molecular weight is 671 g/mol. The number of halogens is 1. The Morgan fingerprint density at radius 3 is 2.15 bits per heavy atom. The van der Waals surface area contributed by atoms with Gasteiger partial charge in [-0.2, -0.15) is 0 Å². The number of ketones is 1. The van der Waals surface area contributed by atoms with Gasteiger partial charge in [-0.1, -0.05) is 99.6 Å². The molecule has 1 fully saturated rings. The lowest BCUT2D eigenvalue weighted by Crippen LogP contribution is -2.66. The van der Waals surface area contributed by atoms with E-state index in [9.17, 15) is 4.79 Å². The zero-order chi connectivity index (χ0) is 33.8. The van der Waals surface area contributed by atoms with Gasteiger partial charge in [-0.3, -0.25) is 9.78 Å².